The van der Waals surface area contributed by atoms with E-state index >= 15 is 0 Å². The second-order valence-electron chi connectivity index (χ2n) is 5.73. The van der Waals surface area contributed by atoms with E-state index in [0.29, 0.717) is 12.0 Å². The summed E-state index contributed by atoms with van der Waals surface area (Å²) < 4.78 is 0. The van der Waals surface area contributed by atoms with E-state index in [2.05, 4.69) is 65.1 Å². The van der Waals surface area contributed by atoms with Crippen LogP contribution in [0.15, 0.2) is 47.8 Å². The molecule has 1 aliphatic rings. The van der Waals surface area contributed by atoms with Crippen molar-refractivity contribution >= 4 is 11.3 Å². The van der Waals surface area contributed by atoms with Crippen LogP contribution >= 0.6 is 11.3 Å². The van der Waals surface area contributed by atoms with Crippen molar-refractivity contribution in [2.75, 3.05) is 20.1 Å². The number of likely N-dealkylation sites (tertiary alicyclic amines) is 1. The van der Waals surface area contributed by atoms with Gasteiger partial charge in [0.25, 0.3) is 0 Å². The first-order valence-corrected chi connectivity index (χ1v) is 8.18. The van der Waals surface area contributed by atoms with Crippen molar-refractivity contribution < 1.29 is 0 Å². The number of rotatable bonds is 4. The number of nitrogens with zero attached hydrogens (tertiary/aromatic N) is 1. The minimum atomic E-state index is 0.584. The molecule has 0 amide bonds. The summed E-state index contributed by atoms with van der Waals surface area (Å²) in [6.07, 6.45) is 1.25. The summed E-state index contributed by atoms with van der Waals surface area (Å²) >= 11 is 1.89. The molecule has 1 fully saturated rings. The number of likely N-dealkylation sites (N-methyl/N-ethyl adjacent to an activating group) is 1. The highest BCUT2D eigenvalue weighted by Gasteiger charge is 2.26. The van der Waals surface area contributed by atoms with Gasteiger partial charge in [0, 0.05) is 36.5 Å². The molecule has 1 aromatic heterocycles. The van der Waals surface area contributed by atoms with Crippen LogP contribution < -0.4 is 5.32 Å². The van der Waals surface area contributed by atoms with E-state index < -0.39 is 0 Å². The Bertz CT molecular complexity index is 509. The second-order valence-corrected chi connectivity index (χ2v) is 6.71. The van der Waals surface area contributed by atoms with Gasteiger partial charge in [-0.3, -0.25) is 0 Å². The lowest BCUT2D eigenvalue weighted by Crippen LogP contribution is -2.46. The maximum atomic E-state index is 3.72. The highest BCUT2D eigenvalue weighted by molar-refractivity contribution is 7.10. The Morgan fingerprint density at radius 3 is 2.75 bits per heavy atom. The molecule has 0 bridgehead atoms. The van der Waals surface area contributed by atoms with Gasteiger partial charge in [0.1, 0.15) is 0 Å². The molecule has 2 heterocycles. The number of nitrogens with one attached hydrogen (secondary N) is 1. The largest absolute Gasteiger partial charge is 0.309 e. The highest BCUT2D eigenvalue weighted by Crippen LogP contribution is 2.29. The van der Waals surface area contributed by atoms with Gasteiger partial charge in [0.2, 0.25) is 0 Å². The van der Waals surface area contributed by atoms with Crippen LogP contribution in [0, 0.1) is 0 Å². The van der Waals surface area contributed by atoms with Crippen molar-refractivity contribution in [1.82, 2.24) is 10.2 Å². The van der Waals surface area contributed by atoms with Crippen LogP contribution in [0.4, 0.5) is 0 Å². The van der Waals surface area contributed by atoms with Crippen molar-refractivity contribution in [2.45, 2.75) is 24.9 Å². The van der Waals surface area contributed by atoms with Gasteiger partial charge in [-0.15, -0.1) is 11.3 Å². The Morgan fingerprint density at radius 1 is 1.15 bits per heavy atom. The van der Waals surface area contributed by atoms with E-state index in [9.17, 15) is 0 Å². The summed E-state index contributed by atoms with van der Waals surface area (Å²) in [6.45, 7) is 3.30. The van der Waals surface area contributed by atoms with Gasteiger partial charge in [-0.2, -0.15) is 0 Å². The Balaban J connectivity index is 1.59. The Hall–Kier alpha value is -1.16. The number of benzene rings is 1. The third kappa shape index (κ3) is 3.48. The predicted octanol–water partition coefficient (Wildman–Crippen LogP) is 3.33. The number of hydrogen-bond acceptors (Lipinski definition) is 3. The van der Waals surface area contributed by atoms with E-state index in [1.807, 2.05) is 11.3 Å². The van der Waals surface area contributed by atoms with Gasteiger partial charge in [-0.05, 0) is 30.5 Å². The van der Waals surface area contributed by atoms with Gasteiger partial charge in [0.15, 0.2) is 0 Å². The van der Waals surface area contributed by atoms with E-state index in [1.165, 1.54) is 23.4 Å². The van der Waals surface area contributed by atoms with Gasteiger partial charge < -0.3 is 10.2 Å². The Kier molecular flexibility index (Phi) is 4.51. The monoisotopic (exact) mass is 286 g/mol. The SMILES string of the molecule is CN1CC(NCc2ccccc2)CC(c2cccs2)C1. The van der Waals surface area contributed by atoms with Gasteiger partial charge >= 0.3 is 0 Å². The number of thiophene rings is 1. The normalized spacial score (nSPS) is 23.9. The van der Waals surface area contributed by atoms with Crippen molar-refractivity contribution in [1.29, 1.82) is 0 Å². The minimum absolute atomic E-state index is 0.584. The second kappa shape index (κ2) is 6.53. The molecule has 0 spiro atoms. The van der Waals surface area contributed by atoms with Crippen LogP contribution in [0.25, 0.3) is 0 Å². The van der Waals surface area contributed by atoms with Crippen LogP contribution in [0.2, 0.25) is 0 Å². The molecule has 0 aliphatic carbocycles. The molecule has 1 N–H and O–H groups in total. The predicted molar refractivity (Wildman–Crippen MR) is 86.2 cm³/mol. The first-order valence-electron chi connectivity index (χ1n) is 7.30. The molecule has 2 aromatic rings. The van der Waals surface area contributed by atoms with E-state index in [1.54, 1.807) is 0 Å². The van der Waals surface area contributed by atoms with Gasteiger partial charge in [-0.1, -0.05) is 36.4 Å². The summed E-state index contributed by atoms with van der Waals surface area (Å²) in [5.41, 5.74) is 1.37. The maximum absolute atomic E-state index is 3.72. The molecule has 2 nitrogen and oxygen atoms in total. The smallest absolute Gasteiger partial charge is 0.0208 e. The molecule has 0 saturated carbocycles. The molecular weight excluding hydrogens is 264 g/mol. The summed E-state index contributed by atoms with van der Waals surface area (Å²) in [7, 11) is 2.23. The molecule has 20 heavy (non-hydrogen) atoms. The van der Waals surface area contributed by atoms with E-state index in [-0.39, 0.29) is 0 Å². The first kappa shape index (κ1) is 13.8. The summed E-state index contributed by atoms with van der Waals surface area (Å²) in [5, 5.41) is 5.91. The first-order chi connectivity index (χ1) is 9.81. The lowest BCUT2D eigenvalue weighted by molar-refractivity contribution is 0.205. The fourth-order valence-electron chi connectivity index (χ4n) is 3.06. The molecule has 3 heteroatoms. The maximum Gasteiger partial charge on any atom is 0.0208 e. The van der Waals surface area contributed by atoms with E-state index in [0.717, 1.165) is 13.1 Å². The lowest BCUT2D eigenvalue weighted by Gasteiger charge is -2.36. The molecule has 106 valence electrons. The van der Waals surface area contributed by atoms with Gasteiger partial charge in [-0.25, -0.2) is 0 Å². The molecule has 1 saturated heterocycles. The molecule has 2 unspecified atom stereocenters. The fraction of sp³-hybridized carbons (Fsp3) is 0.412. The average molecular weight is 286 g/mol. The van der Waals surface area contributed by atoms with Crippen LogP contribution in [0.5, 0.6) is 0 Å². The summed E-state index contributed by atoms with van der Waals surface area (Å²) in [6, 6.07) is 15.7. The van der Waals surface area contributed by atoms with Crippen LogP contribution in [-0.2, 0) is 6.54 Å². The van der Waals surface area contributed by atoms with Gasteiger partial charge in [0.05, 0.1) is 0 Å². The van der Waals surface area contributed by atoms with Crippen molar-refractivity contribution in [3.05, 3.63) is 58.3 Å². The number of hydrogen-bond donors (Lipinski definition) is 1. The number of piperidine rings is 1. The fourth-order valence-corrected chi connectivity index (χ4v) is 3.89. The third-order valence-electron chi connectivity index (χ3n) is 4.02. The Morgan fingerprint density at radius 2 is 2.00 bits per heavy atom. The molecular formula is C17H22N2S. The van der Waals surface area contributed by atoms with Crippen molar-refractivity contribution in [3.63, 3.8) is 0 Å². The van der Waals surface area contributed by atoms with Crippen LogP contribution in [-0.4, -0.2) is 31.1 Å². The van der Waals surface area contributed by atoms with Crippen molar-refractivity contribution in [3.8, 4) is 0 Å². The zero-order valence-electron chi connectivity index (χ0n) is 12.0. The molecule has 3 rings (SSSR count). The molecule has 2 atom stereocenters. The standard InChI is InChI=1S/C17H22N2S/c1-19-12-15(17-8-5-9-20-17)10-16(13-19)18-11-14-6-3-2-4-7-14/h2-9,15-16,18H,10-13H2,1H3. The van der Waals surface area contributed by atoms with Crippen LogP contribution in [0.1, 0.15) is 22.8 Å². The topological polar surface area (TPSA) is 15.3 Å². The lowest BCUT2D eigenvalue weighted by atomic mass is 9.93. The average Bonchev–Trinajstić information content (AvgIpc) is 3.00. The van der Waals surface area contributed by atoms with E-state index in [4.69, 9.17) is 0 Å². The third-order valence-corrected chi connectivity index (χ3v) is 5.05. The molecule has 1 aliphatic heterocycles. The summed E-state index contributed by atoms with van der Waals surface area (Å²) in [5.74, 6) is 0.682. The zero-order valence-corrected chi connectivity index (χ0v) is 12.8. The quantitative estimate of drug-likeness (QED) is 0.927. The minimum Gasteiger partial charge on any atom is -0.309 e. The molecule has 1 aromatic carbocycles. The van der Waals surface area contributed by atoms with Crippen LogP contribution in [0.3, 0.4) is 0 Å². The summed E-state index contributed by atoms with van der Waals surface area (Å²) in [4.78, 5) is 3.99. The molecule has 0 radical (unpaired) electrons. The highest BCUT2D eigenvalue weighted by atomic mass is 32.1. The zero-order chi connectivity index (χ0) is 13.8. The van der Waals surface area contributed by atoms with Crippen molar-refractivity contribution in [2.24, 2.45) is 0 Å². The Labute approximate surface area is 125 Å².